The van der Waals surface area contributed by atoms with E-state index in [4.69, 9.17) is 22.3 Å². The van der Waals surface area contributed by atoms with Gasteiger partial charge in [0.1, 0.15) is 0 Å². The Kier molecular flexibility index (Phi) is 9.72. The first-order valence-corrected chi connectivity index (χ1v) is 4.21. The zero-order valence-electron chi connectivity index (χ0n) is 6.43. The average Bonchev–Trinajstić information content (AvgIpc) is 1.85. The lowest BCUT2D eigenvalue weighted by molar-refractivity contribution is 0.194. The molecule has 0 fully saturated rings. The largest absolute Gasteiger partial charge is 0.759 e. The fourth-order valence-electron chi connectivity index (χ4n) is 0.235. The Morgan fingerprint density at radius 1 is 1.17 bits per heavy atom. The molecule has 0 aliphatic carbocycles. The number of rotatable bonds is 4. The van der Waals surface area contributed by atoms with Gasteiger partial charge in [-0.05, 0) is 0 Å². The van der Waals surface area contributed by atoms with E-state index in [1.54, 1.807) is 12.2 Å². The third kappa shape index (κ3) is 58.7. The second-order valence-corrected chi connectivity index (χ2v) is 2.34. The van der Waals surface area contributed by atoms with E-state index in [2.05, 4.69) is 13.2 Å². The van der Waals surface area contributed by atoms with Gasteiger partial charge in [0.15, 0.2) is 0 Å². The first-order valence-electron chi connectivity index (χ1n) is 2.88. The molecule has 0 aromatic rings. The molecule has 0 heterocycles. The Bertz CT molecular complexity index is 190. The number of ether oxygens (including phenoxy) is 1. The quantitative estimate of drug-likeness (QED) is 0.273. The van der Waals surface area contributed by atoms with Gasteiger partial charge in [-0.2, -0.15) is 0 Å². The van der Waals surface area contributed by atoms with E-state index in [9.17, 15) is 0 Å². The van der Waals surface area contributed by atoms with E-state index in [0.29, 0.717) is 13.2 Å². The van der Waals surface area contributed by atoms with Crippen LogP contribution >= 0.6 is 0 Å². The molecule has 6 heteroatoms. The van der Waals surface area contributed by atoms with Crippen LogP contribution in [0.2, 0.25) is 0 Å². The highest BCUT2D eigenvalue weighted by atomic mass is 32.3. The molecule has 0 unspecified atom stereocenters. The molecule has 0 amide bonds. The maximum absolute atomic E-state index is 8.52. The van der Waals surface area contributed by atoms with Crippen molar-refractivity contribution in [3.63, 3.8) is 0 Å². The molecule has 0 saturated carbocycles. The van der Waals surface area contributed by atoms with E-state index < -0.39 is 10.4 Å². The summed E-state index contributed by atoms with van der Waals surface area (Å²) in [5.41, 5.74) is 0. The fourth-order valence-corrected chi connectivity index (χ4v) is 0.235. The first kappa shape index (κ1) is 13.9. The zero-order valence-corrected chi connectivity index (χ0v) is 7.25. The lowest BCUT2D eigenvalue weighted by Gasteiger charge is -2.06. The van der Waals surface area contributed by atoms with Gasteiger partial charge in [0, 0.05) is 10.4 Å². The molecule has 12 heavy (non-hydrogen) atoms. The van der Waals surface area contributed by atoms with Crippen molar-refractivity contribution in [3.8, 4) is 0 Å². The van der Waals surface area contributed by atoms with Crippen molar-refractivity contribution in [2.45, 2.75) is 0 Å². The van der Waals surface area contributed by atoms with Crippen LogP contribution in [0.1, 0.15) is 0 Å². The highest BCUT2D eigenvalue weighted by Gasteiger charge is 1.70. The molecule has 72 valence electrons. The summed E-state index contributed by atoms with van der Waals surface area (Å²) in [7, 11) is -5.17. The molecule has 0 atom stereocenters. The highest BCUT2D eigenvalue weighted by molar-refractivity contribution is 7.79. The van der Waals surface area contributed by atoms with E-state index in [1.807, 2.05) is 0 Å². The van der Waals surface area contributed by atoms with Crippen LogP contribution in [-0.4, -0.2) is 30.7 Å². The van der Waals surface area contributed by atoms with E-state index in [0.717, 1.165) is 0 Å². The second kappa shape index (κ2) is 8.41. The Balaban J connectivity index is 0. The van der Waals surface area contributed by atoms with Crippen molar-refractivity contribution in [1.29, 1.82) is 0 Å². The van der Waals surface area contributed by atoms with Gasteiger partial charge < -0.3 is 13.8 Å². The molecule has 0 N–H and O–H groups in total. The lowest BCUT2D eigenvalue weighted by Crippen LogP contribution is -1.91. The number of hydrogen-bond acceptors (Lipinski definition) is 5. The molecule has 0 aliphatic rings. The molecule has 5 nitrogen and oxygen atoms in total. The van der Waals surface area contributed by atoms with Crippen molar-refractivity contribution in [1.82, 2.24) is 0 Å². The van der Waals surface area contributed by atoms with Crippen LogP contribution < -0.4 is 0 Å². The molecule has 0 rings (SSSR count). The maximum atomic E-state index is 8.52. The minimum Gasteiger partial charge on any atom is -0.759 e. The van der Waals surface area contributed by atoms with Crippen LogP contribution in [0.4, 0.5) is 0 Å². The molecular formula is C6H10O5S-2. The number of hydrogen-bond donors (Lipinski definition) is 0. The zero-order chi connectivity index (χ0) is 10.0. The Morgan fingerprint density at radius 3 is 1.58 bits per heavy atom. The van der Waals surface area contributed by atoms with Crippen molar-refractivity contribution >= 4 is 10.4 Å². The van der Waals surface area contributed by atoms with Gasteiger partial charge in [-0.25, -0.2) is 0 Å². The van der Waals surface area contributed by atoms with Crippen molar-refractivity contribution < 1.29 is 22.3 Å². The molecule has 0 radical (unpaired) electrons. The van der Waals surface area contributed by atoms with Crippen LogP contribution in [0.25, 0.3) is 0 Å². The predicted molar refractivity (Wildman–Crippen MR) is 41.7 cm³/mol. The van der Waals surface area contributed by atoms with Crippen LogP contribution in [0.5, 0.6) is 0 Å². The van der Waals surface area contributed by atoms with Crippen molar-refractivity contribution in [3.05, 3.63) is 25.3 Å². The van der Waals surface area contributed by atoms with Gasteiger partial charge >= 0.3 is 0 Å². The van der Waals surface area contributed by atoms with Crippen molar-refractivity contribution in [2.75, 3.05) is 13.2 Å². The van der Waals surface area contributed by atoms with Gasteiger partial charge in [-0.15, -0.1) is 13.2 Å². The van der Waals surface area contributed by atoms with Crippen LogP contribution in [0.3, 0.4) is 0 Å². The predicted octanol–water partition coefficient (Wildman–Crippen LogP) is 0.0370. The molecule has 0 spiro atoms. The Hall–Kier alpha value is -0.690. The fraction of sp³-hybridized carbons (Fsp3) is 0.333. The molecule has 0 aromatic carbocycles. The van der Waals surface area contributed by atoms with E-state index >= 15 is 0 Å². The smallest absolute Gasteiger partial charge is 0.0649 e. The van der Waals surface area contributed by atoms with Crippen molar-refractivity contribution in [2.24, 2.45) is 0 Å². The summed E-state index contributed by atoms with van der Waals surface area (Å²) in [6.45, 7) is 8.18. The summed E-state index contributed by atoms with van der Waals surface area (Å²) < 4.78 is 39.0. The molecule has 0 bridgehead atoms. The topological polar surface area (TPSA) is 89.5 Å². The van der Waals surface area contributed by atoms with Gasteiger partial charge in [-0.3, -0.25) is 8.42 Å². The average molecular weight is 194 g/mol. The summed E-state index contributed by atoms with van der Waals surface area (Å²) in [6.07, 6.45) is 3.42. The van der Waals surface area contributed by atoms with Crippen LogP contribution in [0.15, 0.2) is 25.3 Å². The lowest BCUT2D eigenvalue weighted by atomic mass is 10.6. The summed E-state index contributed by atoms with van der Waals surface area (Å²) in [4.78, 5) is 0. The summed E-state index contributed by atoms with van der Waals surface area (Å²) >= 11 is 0. The Labute approximate surface area is 71.9 Å². The molecule has 0 aliphatic heterocycles. The minimum atomic E-state index is -5.17. The van der Waals surface area contributed by atoms with Gasteiger partial charge in [0.2, 0.25) is 0 Å². The Morgan fingerprint density at radius 2 is 1.42 bits per heavy atom. The van der Waals surface area contributed by atoms with Crippen LogP contribution in [0, 0.1) is 0 Å². The molecule has 0 saturated heterocycles. The first-order chi connectivity index (χ1) is 5.41. The molecular weight excluding hydrogens is 184 g/mol. The van der Waals surface area contributed by atoms with Gasteiger partial charge in [0.25, 0.3) is 0 Å². The maximum Gasteiger partial charge on any atom is 0.0649 e. The summed E-state index contributed by atoms with van der Waals surface area (Å²) in [6, 6.07) is 0. The highest BCUT2D eigenvalue weighted by Crippen LogP contribution is 1.72. The van der Waals surface area contributed by atoms with Gasteiger partial charge in [-0.1, -0.05) is 12.2 Å². The normalized spacial score (nSPS) is 9.50. The third-order valence-corrected chi connectivity index (χ3v) is 0.471. The van der Waals surface area contributed by atoms with Crippen LogP contribution in [-0.2, 0) is 15.1 Å². The van der Waals surface area contributed by atoms with E-state index in [-0.39, 0.29) is 0 Å². The monoisotopic (exact) mass is 194 g/mol. The standard InChI is InChI=1S/C6H10O.H2O4S/c1-3-5-7-6-4-2;1-5(2,3)4/h3-4H,1-2,5-6H2;(H2,1,2,3,4)/p-2. The third-order valence-electron chi connectivity index (χ3n) is 0.471. The molecule has 0 aromatic heterocycles. The summed E-state index contributed by atoms with van der Waals surface area (Å²) in [5, 5.41) is 0. The summed E-state index contributed by atoms with van der Waals surface area (Å²) in [5.74, 6) is 0. The second-order valence-electron chi connectivity index (χ2n) is 1.52. The van der Waals surface area contributed by atoms with E-state index in [1.165, 1.54) is 0 Å². The SMILES string of the molecule is C=CCOCC=C.O=S(=O)([O-])[O-]. The minimum absolute atomic E-state index is 0.617. The van der Waals surface area contributed by atoms with Gasteiger partial charge in [0.05, 0.1) is 13.2 Å².